The van der Waals surface area contributed by atoms with E-state index in [2.05, 4.69) is 10.2 Å². The van der Waals surface area contributed by atoms with E-state index in [1.807, 2.05) is 24.3 Å². The maximum absolute atomic E-state index is 12.9. The molecule has 5 rings (SSSR count). The minimum Gasteiger partial charge on any atom is -0.464 e. The first-order valence-corrected chi connectivity index (χ1v) is 9.84. The molecule has 0 bridgehead atoms. The van der Waals surface area contributed by atoms with E-state index in [1.54, 1.807) is 6.26 Å². The van der Waals surface area contributed by atoms with Crippen LogP contribution in [0.4, 0.5) is 4.79 Å². The highest BCUT2D eigenvalue weighted by molar-refractivity contribution is 5.82. The molecule has 3 fully saturated rings. The molecule has 1 atom stereocenters. The number of furan rings is 1. The van der Waals surface area contributed by atoms with Crippen LogP contribution in [0, 0.1) is 11.3 Å². The summed E-state index contributed by atoms with van der Waals surface area (Å²) in [5.74, 6) is 0.596. The van der Waals surface area contributed by atoms with Gasteiger partial charge in [-0.15, -0.1) is 0 Å². The number of rotatable bonds is 3. The smallest absolute Gasteiger partial charge is 0.317 e. The molecule has 5 heteroatoms. The fourth-order valence-electron chi connectivity index (χ4n) is 5.26. The second-order valence-electron chi connectivity index (χ2n) is 8.15. The number of nitrogens with one attached hydrogen (secondary N) is 1. The number of fused-ring (bicyclic) bond motifs is 1. The lowest BCUT2D eigenvalue weighted by Gasteiger charge is -2.64. The van der Waals surface area contributed by atoms with Crippen molar-refractivity contribution in [1.29, 1.82) is 0 Å². The lowest BCUT2D eigenvalue weighted by Crippen LogP contribution is -2.72. The zero-order valence-corrected chi connectivity index (χ0v) is 15.1. The van der Waals surface area contributed by atoms with Gasteiger partial charge in [0, 0.05) is 48.7 Å². The van der Waals surface area contributed by atoms with Crippen molar-refractivity contribution in [2.45, 2.75) is 44.7 Å². The normalized spacial score (nSPS) is 25.1. The van der Waals surface area contributed by atoms with Gasteiger partial charge < -0.3 is 19.4 Å². The van der Waals surface area contributed by atoms with E-state index in [4.69, 9.17) is 9.15 Å². The molecule has 138 valence electrons. The minimum atomic E-state index is 0.0734. The molecule has 1 spiro atoms. The number of carbonyl (C=O) groups is 1. The van der Waals surface area contributed by atoms with Crippen LogP contribution in [0.25, 0.3) is 11.0 Å². The molecular weight excluding hydrogens is 328 g/mol. The van der Waals surface area contributed by atoms with Crippen LogP contribution in [0.5, 0.6) is 0 Å². The molecule has 26 heavy (non-hydrogen) atoms. The predicted octanol–water partition coefficient (Wildman–Crippen LogP) is 3.92. The van der Waals surface area contributed by atoms with E-state index in [9.17, 15) is 4.79 Å². The summed E-state index contributed by atoms with van der Waals surface area (Å²) in [6.07, 6.45) is 7.81. The average Bonchev–Trinajstić information content (AvgIpc) is 3.02. The van der Waals surface area contributed by atoms with Gasteiger partial charge in [-0.2, -0.15) is 0 Å². The van der Waals surface area contributed by atoms with Crippen LogP contribution >= 0.6 is 0 Å². The summed E-state index contributed by atoms with van der Waals surface area (Å²) >= 11 is 0. The molecule has 1 aromatic carbocycles. The molecule has 1 saturated carbocycles. The third-order valence-corrected chi connectivity index (χ3v) is 6.76. The molecule has 2 aromatic rings. The van der Waals surface area contributed by atoms with Crippen LogP contribution in [-0.2, 0) is 11.3 Å². The Morgan fingerprint density at radius 2 is 2.04 bits per heavy atom. The van der Waals surface area contributed by atoms with Crippen molar-refractivity contribution in [3.05, 3.63) is 36.1 Å². The first kappa shape index (κ1) is 16.2. The Bertz CT molecular complexity index is 804. The standard InChI is InChI=1S/C21H26N2O3/c24-20(22-12-16-13-26-18-5-2-1-4-17(16)18)23-14-21(8-3-9-21)19(23)15-6-10-25-11-7-15/h1-2,4-5,13,15,19H,3,6-12,14H2,(H,22,24). The number of hydrogen-bond donors (Lipinski definition) is 1. The SMILES string of the molecule is O=C(NCc1coc2ccccc12)N1CC2(CCC2)C1C1CCOCC1. The van der Waals surface area contributed by atoms with E-state index in [1.165, 1.54) is 19.3 Å². The number of ether oxygens (including phenoxy) is 1. The number of nitrogens with zero attached hydrogens (tertiary/aromatic N) is 1. The van der Waals surface area contributed by atoms with Crippen LogP contribution in [0.2, 0.25) is 0 Å². The number of amides is 2. The highest BCUT2D eigenvalue weighted by Crippen LogP contribution is 2.56. The van der Waals surface area contributed by atoms with Crippen molar-refractivity contribution in [3.8, 4) is 0 Å². The first-order valence-electron chi connectivity index (χ1n) is 9.84. The fourth-order valence-corrected chi connectivity index (χ4v) is 5.26. The van der Waals surface area contributed by atoms with E-state index < -0.39 is 0 Å². The molecule has 1 N–H and O–H groups in total. The topological polar surface area (TPSA) is 54.7 Å². The van der Waals surface area contributed by atoms with Gasteiger partial charge in [0.05, 0.1) is 6.26 Å². The highest BCUT2D eigenvalue weighted by atomic mass is 16.5. The molecule has 1 aromatic heterocycles. The lowest BCUT2D eigenvalue weighted by molar-refractivity contribution is -0.137. The van der Waals surface area contributed by atoms with Crippen LogP contribution in [-0.4, -0.2) is 36.7 Å². The Balaban J connectivity index is 1.27. The van der Waals surface area contributed by atoms with Crippen molar-refractivity contribution in [3.63, 3.8) is 0 Å². The fraction of sp³-hybridized carbons (Fsp3) is 0.571. The summed E-state index contributed by atoms with van der Waals surface area (Å²) in [5, 5.41) is 4.21. The number of hydrogen-bond acceptors (Lipinski definition) is 3. The molecular formula is C21H26N2O3. The second-order valence-corrected chi connectivity index (χ2v) is 8.15. The van der Waals surface area contributed by atoms with Gasteiger partial charge in [-0.1, -0.05) is 24.6 Å². The maximum atomic E-state index is 12.9. The lowest BCUT2D eigenvalue weighted by atomic mass is 9.54. The summed E-state index contributed by atoms with van der Waals surface area (Å²) in [7, 11) is 0. The molecule has 2 aliphatic heterocycles. The zero-order chi connectivity index (χ0) is 17.6. The number of benzene rings is 1. The third kappa shape index (κ3) is 2.52. The predicted molar refractivity (Wildman–Crippen MR) is 98.8 cm³/mol. The summed E-state index contributed by atoms with van der Waals surface area (Å²) in [6.45, 7) is 3.12. The van der Waals surface area contributed by atoms with Crippen LogP contribution < -0.4 is 5.32 Å². The Labute approximate surface area is 153 Å². The number of likely N-dealkylation sites (tertiary alicyclic amines) is 1. The Morgan fingerprint density at radius 3 is 2.81 bits per heavy atom. The Kier molecular flexibility index (Phi) is 3.92. The summed E-state index contributed by atoms with van der Waals surface area (Å²) < 4.78 is 11.1. The number of para-hydroxylation sites is 1. The minimum absolute atomic E-state index is 0.0734. The number of urea groups is 1. The molecule has 5 nitrogen and oxygen atoms in total. The van der Waals surface area contributed by atoms with E-state index in [-0.39, 0.29) is 6.03 Å². The van der Waals surface area contributed by atoms with Crippen LogP contribution in [0.3, 0.4) is 0 Å². The molecule has 3 aliphatic rings. The molecule has 2 amide bonds. The van der Waals surface area contributed by atoms with Crippen molar-refractivity contribution >= 4 is 17.0 Å². The first-order chi connectivity index (χ1) is 12.8. The molecule has 2 saturated heterocycles. The molecule has 1 aliphatic carbocycles. The van der Waals surface area contributed by atoms with Crippen LogP contribution in [0.1, 0.15) is 37.7 Å². The Morgan fingerprint density at radius 1 is 1.23 bits per heavy atom. The largest absolute Gasteiger partial charge is 0.464 e. The van der Waals surface area contributed by atoms with E-state index >= 15 is 0 Å². The maximum Gasteiger partial charge on any atom is 0.317 e. The van der Waals surface area contributed by atoms with Gasteiger partial charge in [-0.3, -0.25) is 0 Å². The van der Waals surface area contributed by atoms with Crippen molar-refractivity contribution in [2.24, 2.45) is 11.3 Å². The van der Waals surface area contributed by atoms with Crippen molar-refractivity contribution in [1.82, 2.24) is 10.2 Å². The summed E-state index contributed by atoms with van der Waals surface area (Å²) in [5.41, 5.74) is 2.31. The van der Waals surface area contributed by atoms with Gasteiger partial charge in [0.2, 0.25) is 0 Å². The van der Waals surface area contributed by atoms with Gasteiger partial charge in [-0.05, 0) is 37.7 Å². The highest BCUT2D eigenvalue weighted by Gasteiger charge is 2.59. The summed E-state index contributed by atoms with van der Waals surface area (Å²) in [4.78, 5) is 15.0. The van der Waals surface area contributed by atoms with Gasteiger partial charge in [-0.25, -0.2) is 4.79 Å². The molecule has 3 heterocycles. The van der Waals surface area contributed by atoms with Gasteiger partial charge in [0.25, 0.3) is 0 Å². The monoisotopic (exact) mass is 354 g/mol. The van der Waals surface area contributed by atoms with Gasteiger partial charge in [0.1, 0.15) is 5.58 Å². The van der Waals surface area contributed by atoms with E-state index in [0.717, 1.165) is 49.1 Å². The van der Waals surface area contributed by atoms with Crippen molar-refractivity contribution in [2.75, 3.05) is 19.8 Å². The average molecular weight is 354 g/mol. The van der Waals surface area contributed by atoms with Gasteiger partial charge in [0.15, 0.2) is 0 Å². The quantitative estimate of drug-likeness (QED) is 0.909. The van der Waals surface area contributed by atoms with Gasteiger partial charge >= 0.3 is 6.03 Å². The molecule has 1 unspecified atom stereocenters. The summed E-state index contributed by atoms with van der Waals surface area (Å²) in [6, 6.07) is 8.44. The Hall–Kier alpha value is -2.01. The van der Waals surface area contributed by atoms with Crippen LogP contribution in [0.15, 0.2) is 34.9 Å². The zero-order valence-electron chi connectivity index (χ0n) is 15.1. The third-order valence-electron chi connectivity index (χ3n) is 6.76. The molecule has 0 radical (unpaired) electrons. The van der Waals surface area contributed by atoms with E-state index in [0.29, 0.717) is 23.9 Å². The second kappa shape index (κ2) is 6.31. The van der Waals surface area contributed by atoms with Crippen molar-refractivity contribution < 1.29 is 13.9 Å². The number of carbonyl (C=O) groups excluding carboxylic acids is 1.